The van der Waals surface area contributed by atoms with Crippen molar-refractivity contribution in [2.24, 2.45) is 0 Å². The summed E-state index contributed by atoms with van der Waals surface area (Å²) in [7, 11) is 0. The van der Waals surface area contributed by atoms with E-state index in [9.17, 15) is 4.79 Å². The van der Waals surface area contributed by atoms with E-state index >= 15 is 0 Å². The molecular formula is C26H26N4O. The lowest BCUT2D eigenvalue weighted by atomic mass is 9.92. The number of fused-ring (bicyclic) bond motifs is 2. The summed E-state index contributed by atoms with van der Waals surface area (Å²) in [6.07, 6.45) is 5.75. The second-order valence-corrected chi connectivity index (χ2v) is 8.15. The van der Waals surface area contributed by atoms with E-state index in [4.69, 9.17) is 4.98 Å². The van der Waals surface area contributed by atoms with Crippen molar-refractivity contribution in [3.05, 3.63) is 94.9 Å². The summed E-state index contributed by atoms with van der Waals surface area (Å²) in [4.78, 5) is 17.8. The number of aryl methyl sites for hydroxylation is 1. The number of carbonyl (C=O) groups excluding carboxylic acids is 1. The minimum absolute atomic E-state index is 0.0281. The highest BCUT2D eigenvalue weighted by molar-refractivity contribution is 5.95. The fourth-order valence-corrected chi connectivity index (χ4v) is 4.51. The van der Waals surface area contributed by atoms with Crippen LogP contribution in [0.15, 0.2) is 66.9 Å². The molecule has 1 amide bonds. The van der Waals surface area contributed by atoms with Crippen LogP contribution in [0.2, 0.25) is 0 Å². The number of amides is 1. The molecule has 0 spiro atoms. The highest BCUT2D eigenvalue weighted by Gasteiger charge is 2.26. The zero-order valence-electron chi connectivity index (χ0n) is 17.7. The number of rotatable bonds is 5. The molecule has 0 saturated carbocycles. The van der Waals surface area contributed by atoms with E-state index in [1.807, 2.05) is 36.5 Å². The molecule has 1 aliphatic carbocycles. The van der Waals surface area contributed by atoms with E-state index in [2.05, 4.69) is 52.4 Å². The van der Waals surface area contributed by atoms with Gasteiger partial charge < -0.3 is 5.32 Å². The Morgan fingerprint density at radius 3 is 2.81 bits per heavy atom. The van der Waals surface area contributed by atoms with Gasteiger partial charge in [-0.05, 0) is 42.9 Å². The Hall–Kier alpha value is -3.47. The number of benzene rings is 2. The molecule has 1 N–H and O–H groups in total. The first kappa shape index (κ1) is 19.5. The topological polar surface area (TPSA) is 59.8 Å². The van der Waals surface area contributed by atoms with Gasteiger partial charge in [-0.25, -0.2) is 4.98 Å². The van der Waals surface area contributed by atoms with Crippen LogP contribution in [0, 0.1) is 0 Å². The van der Waals surface area contributed by atoms with E-state index in [0.29, 0.717) is 5.69 Å². The summed E-state index contributed by atoms with van der Waals surface area (Å²) in [5, 5.41) is 8.92. The third kappa shape index (κ3) is 3.83. The highest BCUT2D eigenvalue weighted by atomic mass is 16.1. The molecule has 0 aliphatic heterocycles. The molecule has 0 fully saturated rings. The third-order valence-corrected chi connectivity index (χ3v) is 6.16. The molecule has 4 aromatic rings. The largest absolute Gasteiger partial charge is 0.344 e. The molecule has 2 aromatic carbocycles. The lowest BCUT2D eigenvalue weighted by Crippen LogP contribution is -2.31. The van der Waals surface area contributed by atoms with Gasteiger partial charge >= 0.3 is 0 Å². The van der Waals surface area contributed by atoms with Gasteiger partial charge in [0.05, 0.1) is 24.3 Å². The molecule has 2 aromatic heterocycles. The Balaban J connectivity index is 1.38. The van der Waals surface area contributed by atoms with Crippen LogP contribution >= 0.6 is 0 Å². The molecule has 5 rings (SSSR count). The molecule has 1 aliphatic rings. The monoisotopic (exact) mass is 410 g/mol. The van der Waals surface area contributed by atoms with E-state index in [-0.39, 0.29) is 11.9 Å². The number of nitrogens with one attached hydrogen (secondary N) is 1. The van der Waals surface area contributed by atoms with Gasteiger partial charge in [0.15, 0.2) is 0 Å². The maximum absolute atomic E-state index is 13.1. The number of para-hydroxylation sites is 1. The van der Waals surface area contributed by atoms with Crippen LogP contribution in [0.1, 0.15) is 58.7 Å². The van der Waals surface area contributed by atoms with Gasteiger partial charge in [0.1, 0.15) is 5.69 Å². The van der Waals surface area contributed by atoms with Gasteiger partial charge in [0, 0.05) is 16.6 Å². The molecule has 2 heterocycles. The average molecular weight is 411 g/mol. The number of nitrogens with zero attached hydrogens (tertiary/aromatic N) is 3. The normalized spacial score (nSPS) is 15.6. The fraction of sp³-hybridized carbons (Fsp3) is 0.269. The van der Waals surface area contributed by atoms with E-state index < -0.39 is 0 Å². The Morgan fingerprint density at radius 1 is 1.10 bits per heavy atom. The smallest absolute Gasteiger partial charge is 0.270 e. The first-order valence-corrected chi connectivity index (χ1v) is 11.0. The number of hydrogen-bond donors (Lipinski definition) is 1. The van der Waals surface area contributed by atoms with Gasteiger partial charge in [0.25, 0.3) is 5.91 Å². The minimum Gasteiger partial charge on any atom is -0.344 e. The molecular weight excluding hydrogens is 384 g/mol. The van der Waals surface area contributed by atoms with Crippen LogP contribution in [-0.4, -0.2) is 20.7 Å². The van der Waals surface area contributed by atoms with Crippen molar-refractivity contribution in [2.45, 2.75) is 45.2 Å². The standard InChI is InChI=1S/C26H26N4O/c1-2-19-10-6-11-20-14-15-23(28-25(19)20)26(31)29-22-12-7-13-24-21(22)16-27-30(24)17-18-8-4-3-5-9-18/h3-6,8-11,14-16,22H,2,7,12-13,17H2,1H3,(H,29,31). The van der Waals surface area contributed by atoms with Crippen LogP contribution in [0.3, 0.4) is 0 Å². The van der Waals surface area contributed by atoms with Crippen LogP contribution in [0.4, 0.5) is 0 Å². The number of aromatic nitrogens is 3. The zero-order chi connectivity index (χ0) is 21.2. The Kier molecular flexibility index (Phi) is 5.24. The highest BCUT2D eigenvalue weighted by Crippen LogP contribution is 2.30. The molecule has 31 heavy (non-hydrogen) atoms. The first-order chi connectivity index (χ1) is 15.2. The van der Waals surface area contributed by atoms with Gasteiger partial charge in [-0.1, -0.05) is 61.5 Å². The lowest BCUT2D eigenvalue weighted by Gasteiger charge is -2.24. The van der Waals surface area contributed by atoms with E-state index in [0.717, 1.165) is 54.3 Å². The summed E-state index contributed by atoms with van der Waals surface area (Å²) in [5.41, 5.74) is 6.13. The second kappa shape index (κ2) is 8.34. The summed E-state index contributed by atoms with van der Waals surface area (Å²) in [5.74, 6) is -0.124. The Bertz CT molecular complexity index is 1230. The minimum atomic E-state index is -0.124. The van der Waals surface area contributed by atoms with Gasteiger partial charge in [-0.15, -0.1) is 0 Å². The van der Waals surface area contributed by atoms with Crippen molar-refractivity contribution in [3.8, 4) is 0 Å². The Labute approximate surface area is 182 Å². The fourth-order valence-electron chi connectivity index (χ4n) is 4.51. The van der Waals surface area contributed by atoms with Crippen LogP contribution in [0.5, 0.6) is 0 Å². The van der Waals surface area contributed by atoms with Crippen LogP contribution in [-0.2, 0) is 19.4 Å². The molecule has 5 heteroatoms. The summed E-state index contributed by atoms with van der Waals surface area (Å²) in [6.45, 7) is 2.86. The molecule has 156 valence electrons. The molecule has 5 nitrogen and oxygen atoms in total. The SMILES string of the molecule is CCc1cccc2ccc(C(=O)NC3CCCc4c3cnn4Cc3ccccc3)nc12. The van der Waals surface area contributed by atoms with Crippen LogP contribution in [0.25, 0.3) is 10.9 Å². The predicted molar refractivity (Wildman–Crippen MR) is 122 cm³/mol. The van der Waals surface area contributed by atoms with Crippen molar-refractivity contribution in [2.75, 3.05) is 0 Å². The lowest BCUT2D eigenvalue weighted by molar-refractivity contribution is 0.0928. The van der Waals surface area contributed by atoms with Crippen molar-refractivity contribution in [3.63, 3.8) is 0 Å². The van der Waals surface area contributed by atoms with Crippen molar-refractivity contribution in [1.82, 2.24) is 20.1 Å². The molecule has 0 bridgehead atoms. The van der Waals surface area contributed by atoms with Gasteiger partial charge in [-0.3, -0.25) is 9.48 Å². The summed E-state index contributed by atoms with van der Waals surface area (Å²) in [6, 6.07) is 20.3. The maximum Gasteiger partial charge on any atom is 0.270 e. The maximum atomic E-state index is 13.1. The van der Waals surface area contributed by atoms with Crippen LogP contribution < -0.4 is 5.32 Å². The van der Waals surface area contributed by atoms with Crippen molar-refractivity contribution in [1.29, 1.82) is 0 Å². The van der Waals surface area contributed by atoms with E-state index in [1.54, 1.807) is 0 Å². The predicted octanol–water partition coefficient (Wildman–Crippen LogP) is 4.85. The zero-order valence-corrected chi connectivity index (χ0v) is 17.7. The Morgan fingerprint density at radius 2 is 1.97 bits per heavy atom. The summed E-state index contributed by atoms with van der Waals surface area (Å²) >= 11 is 0. The van der Waals surface area contributed by atoms with Gasteiger partial charge in [-0.2, -0.15) is 5.10 Å². The number of pyridine rings is 1. The van der Waals surface area contributed by atoms with Gasteiger partial charge in [0.2, 0.25) is 0 Å². The first-order valence-electron chi connectivity index (χ1n) is 11.0. The van der Waals surface area contributed by atoms with Crippen molar-refractivity contribution >= 4 is 16.8 Å². The number of hydrogen-bond acceptors (Lipinski definition) is 3. The molecule has 1 unspecified atom stereocenters. The average Bonchev–Trinajstić information content (AvgIpc) is 3.22. The quantitative estimate of drug-likeness (QED) is 0.512. The second-order valence-electron chi connectivity index (χ2n) is 8.15. The van der Waals surface area contributed by atoms with Crippen molar-refractivity contribution < 1.29 is 4.79 Å². The van der Waals surface area contributed by atoms with E-state index in [1.165, 1.54) is 11.3 Å². The summed E-state index contributed by atoms with van der Waals surface area (Å²) < 4.78 is 2.07. The molecule has 0 radical (unpaired) electrons. The molecule has 0 saturated heterocycles. The number of carbonyl (C=O) groups is 1. The third-order valence-electron chi connectivity index (χ3n) is 6.16. The molecule has 1 atom stereocenters.